The van der Waals surface area contributed by atoms with E-state index in [-0.39, 0.29) is 22.8 Å². The van der Waals surface area contributed by atoms with Crippen LogP contribution in [-0.2, 0) is 6.42 Å². The zero-order valence-corrected chi connectivity index (χ0v) is 18.2. The number of hydrogen-bond donors (Lipinski definition) is 1. The summed E-state index contributed by atoms with van der Waals surface area (Å²) in [5.41, 5.74) is 2.62. The van der Waals surface area contributed by atoms with Crippen molar-refractivity contribution in [3.63, 3.8) is 0 Å². The second kappa shape index (κ2) is 10.0. The largest absolute Gasteiger partial charge is 0.338 e. The second-order valence-corrected chi connectivity index (χ2v) is 8.35. The summed E-state index contributed by atoms with van der Waals surface area (Å²) >= 11 is 0. The molecule has 0 aliphatic carbocycles. The van der Waals surface area contributed by atoms with Crippen LogP contribution in [0.5, 0.6) is 0 Å². The number of nitrogens with zero attached hydrogens (tertiary/aromatic N) is 2. The molecule has 2 aromatic rings. The highest BCUT2D eigenvalue weighted by Gasteiger charge is 2.25. The molecule has 1 saturated heterocycles. The first-order valence-corrected chi connectivity index (χ1v) is 10.8. The van der Waals surface area contributed by atoms with Gasteiger partial charge in [0.1, 0.15) is 11.4 Å². The number of piperidine rings is 1. The van der Waals surface area contributed by atoms with Gasteiger partial charge < -0.3 is 14.8 Å². The minimum absolute atomic E-state index is 0.192. The molecule has 0 saturated carbocycles. The first kappa shape index (κ1) is 22.2. The molecule has 1 aromatic heterocycles. The fourth-order valence-electron chi connectivity index (χ4n) is 4.21. The monoisotopic (exact) mass is 413 g/mol. The zero-order chi connectivity index (χ0) is 21.7. The van der Waals surface area contributed by atoms with Crippen LogP contribution >= 0.6 is 0 Å². The highest BCUT2D eigenvalue weighted by molar-refractivity contribution is 5.94. The number of aromatic nitrogens is 1. The van der Waals surface area contributed by atoms with Crippen LogP contribution in [0.2, 0.25) is 0 Å². The number of carbonyl (C=O) groups excluding carboxylic acids is 1. The lowest BCUT2D eigenvalue weighted by Crippen LogP contribution is -2.44. The molecule has 30 heavy (non-hydrogen) atoms. The molecule has 2 heterocycles. The van der Waals surface area contributed by atoms with Crippen molar-refractivity contribution >= 4 is 5.91 Å². The molecular formula is C24H32FN3O2. The van der Waals surface area contributed by atoms with Crippen LogP contribution in [-0.4, -0.2) is 53.4 Å². The summed E-state index contributed by atoms with van der Waals surface area (Å²) in [5.74, 6) is -0.0121. The van der Waals surface area contributed by atoms with Crippen LogP contribution in [0.3, 0.4) is 0 Å². The molecule has 1 amide bonds. The van der Waals surface area contributed by atoms with Gasteiger partial charge in [-0.3, -0.25) is 9.59 Å². The molecule has 3 rings (SSSR count). The molecule has 1 aliphatic rings. The molecule has 0 bridgehead atoms. The van der Waals surface area contributed by atoms with Crippen molar-refractivity contribution < 1.29 is 9.18 Å². The highest BCUT2D eigenvalue weighted by Crippen LogP contribution is 2.19. The predicted molar refractivity (Wildman–Crippen MR) is 117 cm³/mol. The molecule has 1 aliphatic heterocycles. The summed E-state index contributed by atoms with van der Waals surface area (Å²) < 4.78 is 13.4. The van der Waals surface area contributed by atoms with Gasteiger partial charge in [-0.1, -0.05) is 12.1 Å². The van der Waals surface area contributed by atoms with Crippen LogP contribution in [0.1, 0.15) is 46.9 Å². The van der Waals surface area contributed by atoms with E-state index < -0.39 is 0 Å². The molecule has 0 radical (unpaired) electrons. The number of halogens is 1. The van der Waals surface area contributed by atoms with E-state index in [9.17, 15) is 14.0 Å². The fourth-order valence-corrected chi connectivity index (χ4v) is 4.21. The zero-order valence-electron chi connectivity index (χ0n) is 18.2. The Bertz CT molecular complexity index is 940. The third-order valence-electron chi connectivity index (χ3n) is 6.08. The average molecular weight is 414 g/mol. The number of carbonyl (C=O) groups is 1. The summed E-state index contributed by atoms with van der Waals surface area (Å²) in [6.45, 7) is 9.75. The lowest BCUT2D eigenvalue weighted by molar-refractivity contribution is 0.0689. The van der Waals surface area contributed by atoms with Gasteiger partial charge >= 0.3 is 0 Å². The molecule has 5 nitrogen and oxygen atoms in total. The van der Waals surface area contributed by atoms with Gasteiger partial charge in [0.2, 0.25) is 0 Å². The lowest BCUT2D eigenvalue weighted by atomic mass is 9.96. The van der Waals surface area contributed by atoms with E-state index >= 15 is 0 Å². The maximum Gasteiger partial charge on any atom is 0.261 e. The van der Waals surface area contributed by atoms with Crippen LogP contribution in [0.15, 0.2) is 35.1 Å². The SMILES string of the molecule is CCN(C[C@@H]1CCCN(CCc2cccc(F)c2)C1)C(=O)c1cc(C)c(C)[nH]c1=O. The van der Waals surface area contributed by atoms with Crippen molar-refractivity contribution in [1.29, 1.82) is 0 Å². The van der Waals surface area contributed by atoms with Crippen molar-refractivity contribution in [2.75, 3.05) is 32.7 Å². The highest BCUT2D eigenvalue weighted by atomic mass is 19.1. The summed E-state index contributed by atoms with van der Waals surface area (Å²) in [5, 5.41) is 0. The van der Waals surface area contributed by atoms with E-state index in [1.54, 1.807) is 23.1 Å². The minimum Gasteiger partial charge on any atom is -0.338 e. The molecule has 6 heteroatoms. The van der Waals surface area contributed by atoms with Gasteiger partial charge in [-0.25, -0.2) is 4.39 Å². The number of nitrogens with one attached hydrogen (secondary N) is 1. The molecule has 1 fully saturated rings. The Hall–Kier alpha value is -2.47. The molecular weight excluding hydrogens is 381 g/mol. The Morgan fingerprint density at radius 3 is 2.83 bits per heavy atom. The quantitative estimate of drug-likeness (QED) is 0.755. The Morgan fingerprint density at radius 1 is 1.30 bits per heavy atom. The van der Waals surface area contributed by atoms with E-state index in [0.29, 0.717) is 19.0 Å². The number of aromatic amines is 1. The van der Waals surface area contributed by atoms with Gasteiger partial charge in [-0.2, -0.15) is 0 Å². The molecule has 1 atom stereocenters. The van der Waals surface area contributed by atoms with Crippen molar-refractivity contribution in [2.45, 2.75) is 40.0 Å². The third kappa shape index (κ3) is 5.57. The van der Waals surface area contributed by atoms with E-state index in [1.165, 1.54) is 6.07 Å². The van der Waals surface area contributed by atoms with Crippen molar-refractivity contribution in [1.82, 2.24) is 14.8 Å². The number of hydrogen-bond acceptors (Lipinski definition) is 3. The number of H-pyrrole nitrogens is 1. The summed E-state index contributed by atoms with van der Waals surface area (Å²) in [6, 6.07) is 8.48. The van der Waals surface area contributed by atoms with E-state index in [4.69, 9.17) is 0 Å². The van der Waals surface area contributed by atoms with Gasteiger partial charge in [0.05, 0.1) is 0 Å². The molecule has 162 valence electrons. The van der Waals surface area contributed by atoms with E-state index in [0.717, 1.165) is 55.7 Å². The van der Waals surface area contributed by atoms with Gasteiger partial charge in [-0.15, -0.1) is 0 Å². The van der Waals surface area contributed by atoms with Gasteiger partial charge in [0, 0.05) is 31.9 Å². The summed E-state index contributed by atoms with van der Waals surface area (Å²) in [6.07, 6.45) is 2.98. The van der Waals surface area contributed by atoms with Gasteiger partial charge in [-0.05, 0) is 81.8 Å². The third-order valence-corrected chi connectivity index (χ3v) is 6.08. The molecule has 1 aromatic carbocycles. The maximum atomic E-state index is 13.4. The Kier molecular flexibility index (Phi) is 7.43. The molecule has 0 spiro atoms. The smallest absolute Gasteiger partial charge is 0.261 e. The predicted octanol–water partition coefficient (Wildman–Crippen LogP) is 3.55. The first-order valence-electron chi connectivity index (χ1n) is 10.8. The normalized spacial score (nSPS) is 17.1. The minimum atomic E-state index is -0.318. The first-order chi connectivity index (χ1) is 14.4. The standard InChI is InChI=1S/C24H32FN3O2/c1-4-28(24(30)22-13-17(2)18(3)26-23(22)29)16-20-8-6-11-27(15-20)12-10-19-7-5-9-21(25)14-19/h5,7,9,13-14,20H,4,6,8,10-12,15-16H2,1-3H3,(H,26,29)/t20-/m1/s1. The number of aryl methyl sites for hydroxylation is 2. The van der Waals surface area contributed by atoms with E-state index in [1.807, 2.05) is 26.8 Å². The maximum absolute atomic E-state index is 13.4. The second-order valence-electron chi connectivity index (χ2n) is 8.35. The summed E-state index contributed by atoms with van der Waals surface area (Å²) in [7, 11) is 0. The fraction of sp³-hybridized carbons (Fsp3) is 0.500. The molecule has 0 unspecified atom stereocenters. The number of benzene rings is 1. The number of rotatable bonds is 7. The topological polar surface area (TPSA) is 56.4 Å². The van der Waals surface area contributed by atoms with Crippen LogP contribution in [0, 0.1) is 25.6 Å². The number of amides is 1. The van der Waals surface area contributed by atoms with Gasteiger partial charge in [0.15, 0.2) is 0 Å². The Labute approximate surface area is 177 Å². The van der Waals surface area contributed by atoms with Gasteiger partial charge in [0.25, 0.3) is 11.5 Å². The van der Waals surface area contributed by atoms with Crippen molar-refractivity contribution in [3.05, 3.63) is 68.9 Å². The van der Waals surface area contributed by atoms with Crippen LogP contribution in [0.4, 0.5) is 4.39 Å². The summed E-state index contributed by atoms with van der Waals surface area (Å²) in [4.78, 5) is 32.3. The van der Waals surface area contributed by atoms with Crippen molar-refractivity contribution in [2.24, 2.45) is 5.92 Å². The van der Waals surface area contributed by atoms with E-state index in [2.05, 4.69) is 9.88 Å². The number of pyridine rings is 1. The van der Waals surface area contributed by atoms with Crippen molar-refractivity contribution in [3.8, 4) is 0 Å². The Morgan fingerprint density at radius 2 is 2.10 bits per heavy atom. The average Bonchev–Trinajstić information content (AvgIpc) is 2.73. The van der Waals surface area contributed by atoms with Crippen LogP contribution in [0.25, 0.3) is 0 Å². The molecule has 1 N–H and O–H groups in total. The number of likely N-dealkylation sites (tertiary alicyclic amines) is 1. The Balaban J connectivity index is 1.60. The lowest BCUT2D eigenvalue weighted by Gasteiger charge is -2.35. The van der Waals surface area contributed by atoms with Crippen LogP contribution < -0.4 is 5.56 Å².